The van der Waals surface area contributed by atoms with E-state index in [2.05, 4.69) is 5.32 Å². The van der Waals surface area contributed by atoms with Crippen molar-refractivity contribution in [3.8, 4) is 0 Å². The largest absolute Gasteiger partial charge is 0.341 e. The molecule has 1 N–H and O–H groups in total. The normalized spacial score (nSPS) is 17.7. The number of hydrogen-bond acceptors (Lipinski definition) is 1. The minimum Gasteiger partial charge on any atom is -0.341 e. The second-order valence-electron chi connectivity index (χ2n) is 4.05. The number of amides is 1. The van der Waals surface area contributed by atoms with Crippen LogP contribution in [0.4, 0.5) is 4.39 Å². The van der Waals surface area contributed by atoms with Gasteiger partial charge in [-0.25, -0.2) is 4.39 Å². The molecule has 0 aromatic heterocycles. The first kappa shape index (κ1) is 10.0. The Kier molecular flexibility index (Phi) is 2.18. The highest BCUT2D eigenvalue weighted by molar-refractivity contribution is 5.99. The standard InChI is InChI=1S/C14H10FNO/c15-10-7-5-9(6-8-10)13-11-3-1-2-4-12(11)14(17)16-13/h1-8,13H,(H,16,17). The van der Waals surface area contributed by atoms with Gasteiger partial charge in [-0.05, 0) is 29.3 Å². The third-order valence-electron chi connectivity index (χ3n) is 3.00. The fourth-order valence-corrected chi connectivity index (χ4v) is 2.16. The minimum absolute atomic E-state index is 0.0741. The van der Waals surface area contributed by atoms with E-state index in [1.54, 1.807) is 18.2 Å². The van der Waals surface area contributed by atoms with Crippen molar-refractivity contribution < 1.29 is 9.18 Å². The molecule has 1 heterocycles. The molecule has 1 atom stereocenters. The van der Waals surface area contributed by atoms with Crippen molar-refractivity contribution >= 4 is 5.91 Å². The Bertz CT molecular complexity index is 577. The third kappa shape index (κ3) is 1.60. The minimum atomic E-state index is -0.272. The van der Waals surface area contributed by atoms with Crippen molar-refractivity contribution in [1.29, 1.82) is 0 Å². The van der Waals surface area contributed by atoms with Gasteiger partial charge in [0.15, 0.2) is 0 Å². The number of nitrogens with one attached hydrogen (secondary N) is 1. The summed E-state index contributed by atoms with van der Waals surface area (Å²) in [6, 6.07) is 13.5. The van der Waals surface area contributed by atoms with E-state index in [-0.39, 0.29) is 17.8 Å². The van der Waals surface area contributed by atoms with E-state index in [1.807, 2.05) is 18.2 Å². The molecule has 0 bridgehead atoms. The SMILES string of the molecule is O=C1NC(c2ccc(F)cc2)c2ccccc21. The summed E-state index contributed by atoms with van der Waals surface area (Å²) in [5.74, 6) is -0.346. The molecule has 2 aromatic rings. The predicted octanol–water partition coefficient (Wildman–Crippen LogP) is 2.66. The van der Waals surface area contributed by atoms with Gasteiger partial charge in [-0.15, -0.1) is 0 Å². The topological polar surface area (TPSA) is 29.1 Å². The first-order valence-corrected chi connectivity index (χ1v) is 5.41. The maximum Gasteiger partial charge on any atom is 0.252 e. The van der Waals surface area contributed by atoms with Crippen LogP contribution in [0.3, 0.4) is 0 Å². The molecule has 0 radical (unpaired) electrons. The lowest BCUT2D eigenvalue weighted by Gasteiger charge is -2.11. The Hall–Kier alpha value is -2.16. The van der Waals surface area contributed by atoms with Crippen molar-refractivity contribution in [2.24, 2.45) is 0 Å². The summed E-state index contributed by atoms with van der Waals surface area (Å²) in [6.45, 7) is 0. The Morgan fingerprint density at radius 3 is 2.47 bits per heavy atom. The summed E-state index contributed by atoms with van der Waals surface area (Å²) < 4.78 is 12.9. The van der Waals surface area contributed by atoms with E-state index in [0.29, 0.717) is 5.56 Å². The third-order valence-corrected chi connectivity index (χ3v) is 3.00. The van der Waals surface area contributed by atoms with Crippen molar-refractivity contribution in [2.45, 2.75) is 6.04 Å². The molecule has 1 unspecified atom stereocenters. The summed E-state index contributed by atoms with van der Waals surface area (Å²) in [5.41, 5.74) is 2.54. The molecule has 2 aromatic carbocycles. The molecular formula is C14H10FNO. The number of hydrogen-bond donors (Lipinski definition) is 1. The number of fused-ring (bicyclic) bond motifs is 1. The average Bonchev–Trinajstić information content (AvgIpc) is 2.69. The molecule has 0 saturated heterocycles. The molecule has 0 aliphatic carbocycles. The van der Waals surface area contributed by atoms with Crippen molar-refractivity contribution in [3.05, 3.63) is 71.0 Å². The van der Waals surface area contributed by atoms with Gasteiger partial charge in [-0.2, -0.15) is 0 Å². The maximum absolute atomic E-state index is 12.9. The van der Waals surface area contributed by atoms with Gasteiger partial charge >= 0.3 is 0 Å². The monoisotopic (exact) mass is 227 g/mol. The van der Waals surface area contributed by atoms with Crippen LogP contribution in [0.25, 0.3) is 0 Å². The van der Waals surface area contributed by atoms with Crippen molar-refractivity contribution in [3.63, 3.8) is 0 Å². The zero-order valence-electron chi connectivity index (χ0n) is 8.98. The molecule has 0 spiro atoms. The number of rotatable bonds is 1. The van der Waals surface area contributed by atoms with E-state index in [9.17, 15) is 9.18 Å². The molecule has 1 amide bonds. The van der Waals surface area contributed by atoms with Gasteiger partial charge in [0.1, 0.15) is 5.82 Å². The fourth-order valence-electron chi connectivity index (χ4n) is 2.16. The lowest BCUT2D eigenvalue weighted by molar-refractivity contribution is 0.0960. The highest BCUT2D eigenvalue weighted by Crippen LogP contribution is 2.30. The molecule has 84 valence electrons. The molecule has 3 heteroatoms. The summed E-state index contributed by atoms with van der Waals surface area (Å²) in [7, 11) is 0. The molecule has 2 nitrogen and oxygen atoms in total. The number of carbonyl (C=O) groups excluding carboxylic acids is 1. The number of carbonyl (C=O) groups is 1. The lowest BCUT2D eigenvalue weighted by atomic mass is 9.98. The van der Waals surface area contributed by atoms with E-state index in [0.717, 1.165) is 11.1 Å². The fraction of sp³-hybridized carbons (Fsp3) is 0.0714. The molecule has 0 fully saturated rings. The quantitative estimate of drug-likeness (QED) is 0.797. The van der Waals surface area contributed by atoms with Gasteiger partial charge < -0.3 is 5.32 Å². The maximum atomic E-state index is 12.9. The number of benzene rings is 2. The summed E-state index contributed by atoms with van der Waals surface area (Å²) in [5, 5.41) is 2.89. The summed E-state index contributed by atoms with van der Waals surface area (Å²) in [6.07, 6.45) is 0. The lowest BCUT2D eigenvalue weighted by Crippen LogP contribution is -2.19. The van der Waals surface area contributed by atoms with Crippen LogP contribution < -0.4 is 5.32 Å². The molecule has 0 saturated carbocycles. The van der Waals surface area contributed by atoms with Crippen LogP contribution in [0.2, 0.25) is 0 Å². The van der Waals surface area contributed by atoms with Gasteiger partial charge in [0.05, 0.1) is 6.04 Å². The highest BCUT2D eigenvalue weighted by Gasteiger charge is 2.28. The second kappa shape index (κ2) is 3.70. The molecular weight excluding hydrogens is 217 g/mol. The van der Waals surface area contributed by atoms with E-state index in [1.165, 1.54) is 12.1 Å². The smallest absolute Gasteiger partial charge is 0.252 e. The van der Waals surface area contributed by atoms with Crippen molar-refractivity contribution in [2.75, 3.05) is 0 Å². The van der Waals surface area contributed by atoms with Crippen LogP contribution in [-0.4, -0.2) is 5.91 Å². The number of halogens is 1. The van der Waals surface area contributed by atoms with Gasteiger partial charge in [0, 0.05) is 5.56 Å². The van der Waals surface area contributed by atoms with Crippen molar-refractivity contribution in [1.82, 2.24) is 5.32 Å². The zero-order chi connectivity index (χ0) is 11.8. The zero-order valence-corrected chi connectivity index (χ0v) is 8.98. The Morgan fingerprint density at radius 1 is 1.00 bits per heavy atom. The van der Waals surface area contributed by atoms with Crippen LogP contribution in [0.15, 0.2) is 48.5 Å². The predicted molar refractivity (Wildman–Crippen MR) is 62.2 cm³/mol. The second-order valence-corrected chi connectivity index (χ2v) is 4.05. The van der Waals surface area contributed by atoms with Gasteiger partial charge in [-0.3, -0.25) is 4.79 Å². The van der Waals surface area contributed by atoms with Gasteiger partial charge in [-0.1, -0.05) is 30.3 Å². The molecule has 3 rings (SSSR count). The molecule has 17 heavy (non-hydrogen) atoms. The summed E-state index contributed by atoms with van der Waals surface area (Å²) in [4.78, 5) is 11.7. The van der Waals surface area contributed by atoms with Gasteiger partial charge in [0.2, 0.25) is 0 Å². The Balaban J connectivity index is 2.07. The molecule has 1 aliphatic heterocycles. The highest BCUT2D eigenvalue weighted by atomic mass is 19.1. The van der Waals surface area contributed by atoms with Crippen LogP contribution in [0, 0.1) is 5.82 Å². The Morgan fingerprint density at radius 2 is 1.71 bits per heavy atom. The van der Waals surface area contributed by atoms with Gasteiger partial charge in [0.25, 0.3) is 5.91 Å². The first-order chi connectivity index (χ1) is 8.25. The van der Waals surface area contributed by atoms with Crippen LogP contribution in [0.1, 0.15) is 27.5 Å². The van der Waals surface area contributed by atoms with Crippen LogP contribution >= 0.6 is 0 Å². The van der Waals surface area contributed by atoms with Crippen LogP contribution in [0.5, 0.6) is 0 Å². The van der Waals surface area contributed by atoms with E-state index >= 15 is 0 Å². The van der Waals surface area contributed by atoms with E-state index < -0.39 is 0 Å². The first-order valence-electron chi connectivity index (χ1n) is 5.41. The molecule has 1 aliphatic rings. The Labute approximate surface area is 98.1 Å². The average molecular weight is 227 g/mol. The van der Waals surface area contributed by atoms with E-state index in [4.69, 9.17) is 0 Å². The van der Waals surface area contributed by atoms with Crippen LogP contribution in [-0.2, 0) is 0 Å². The summed E-state index contributed by atoms with van der Waals surface area (Å²) >= 11 is 0.